The molecule has 10 nitrogen and oxygen atoms in total. The van der Waals surface area contributed by atoms with Crippen LogP contribution in [0, 0.1) is 0 Å². The van der Waals surface area contributed by atoms with E-state index in [-0.39, 0.29) is 39.8 Å². The number of nitrogens with zero attached hydrogens (tertiary/aromatic N) is 2. The second-order valence-corrected chi connectivity index (χ2v) is 13.0. The first-order chi connectivity index (χ1) is 24.3. The molecule has 0 aromatic heterocycles. The molecule has 4 aromatic rings. The number of carbonyl (C=O) groups excluding carboxylic acids is 4. The van der Waals surface area contributed by atoms with Crippen LogP contribution in [0.3, 0.4) is 0 Å². The number of anilines is 2. The first-order valence-corrected chi connectivity index (χ1v) is 17.2. The van der Waals surface area contributed by atoms with Crippen molar-refractivity contribution < 1.29 is 39.0 Å². The largest absolute Gasteiger partial charge is 0.478 e. The average Bonchev–Trinajstić information content (AvgIpc) is 3.51. The van der Waals surface area contributed by atoms with E-state index in [1.54, 1.807) is 0 Å². The van der Waals surface area contributed by atoms with Gasteiger partial charge in [-0.3, -0.25) is 19.2 Å². The maximum Gasteiger partial charge on any atom is 0.335 e. The number of hydrogen-bond acceptors (Lipinski definition) is 6. The molecule has 0 fully saturated rings. The molecule has 0 unspecified atom stereocenters. The third kappa shape index (κ3) is 5.59. The Labute approximate surface area is 303 Å². The minimum absolute atomic E-state index is 0.00987. The van der Waals surface area contributed by atoms with Gasteiger partial charge in [0.15, 0.2) is 0 Å². The Hall–Kier alpha value is -5.32. The molecular weight excluding hydrogens is 695 g/mol. The molecule has 0 bridgehead atoms. The molecule has 2 N–H and O–H groups in total. The summed E-state index contributed by atoms with van der Waals surface area (Å²) in [6.07, 6.45) is 1.89. The number of benzene rings is 4. The van der Waals surface area contributed by atoms with Crippen molar-refractivity contribution in [1.29, 1.82) is 0 Å². The zero-order chi connectivity index (χ0) is 37.0. The van der Waals surface area contributed by atoms with E-state index in [2.05, 4.69) is 0 Å². The molecule has 0 saturated carbocycles. The van der Waals surface area contributed by atoms with Crippen LogP contribution in [0.4, 0.5) is 11.4 Å². The highest BCUT2D eigenvalue weighted by Crippen LogP contribution is 2.43. The van der Waals surface area contributed by atoms with Gasteiger partial charge in [0.2, 0.25) is 0 Å². The van der Waals surface area contributed by atoms with Crippen LogP contribution in [0.2, 0.25) is 10.0 Å². The Morgan fingerprint density at radius 2 is 0.882 bits per heavy atom. The number of aryl methyl sites for hydroxylation is 2. The van der Waals surface area contributed by atoms with Crippen LogP contribution in [0.1, 0.15) is 123 Å². The average molecular weight is 728 g/mol. The molecule has 12 heteroatoms. The van der Waals surface area contributed by atoms with Crippen LogP contribution in [-0.4, -0.2) is 45.8 Å². The maximum atomic E-state index is 13.7. The number of rotatable bonds is 10. The molecule has 0 radical (unpaired) electrons. The molecule has 260 valence electrons. The number of halogens is 2. The van der Waals surface area contributed by atoms with Gasteiger partial charge in [0.25, 0.3) is 23.6 Å². The summed E-state index contributed by atoms with van der Waals surface area (Å²) in [5.41, 5.74) is 4.69. The van der Waals surface area contributed by atoms with Crippen LogP contribution in [0.15, 0.2) is 48.5 Å². The number of amides is 4. The Morgan fingerprint density at radius 1 is 0.529 bits per heavy atom. The van der Waals surface area contributed by atoms with E-state index < -0.39 is 35.6 Å². The van der Waals surface area contributed by atoms with Gasteiger partial charge in [-0.05, 0) is 95.5 Å². The van der Waals surface area contributed by atoms with E-state index in [9.17, 15) is 39.0 Å². The number of carboxylic acids is 2. The molecular formula is C39H32Cl2N2O8. The monoisotopic (exact) mass is 726 g/mol. The van der Waals surface area contributed by atoms with E-state index in [0.29, 0.717) is 80.5 Å². The highest BCUT2D eigenvalue weighted by atomic mass is 35.5. The van der Waals surface area contributed by atoms with Crippen LogP contribution < -0.4 is 9.80 Å². The van der Waals surface area contributed by atoms with Gasteiger partial charge in [-0.1, -0.05) is 63.0 Å². The zero-order valence-corrected chi connectivity index (χ0v) is 29.7. The summed E-state index contributed by atoms with van der Waals surface area (Å²) in [5, 5.41) is 19.6. The van der Waals surface area contributed by atoms with Crippen molar-refractivity contribution in [2.24, 2.45) is 0 Å². The first-order valence-electron chi connectivity index (χ1n) is 16.5. The minimum Gasteiger partial charge on any atom is -0.478 e. The number of imide groups is 2. The van der Waals surface area contributed by atoms with Gasteiger partial charge in [-0.15, -0.1) is 0 Å². The molecule has 2 aliphatic rings. The number of carboxylic acid groups (broad SMARTS) is 2. The lowest BCUT2D eigenvalue weighted by Gasteiger charge is -2.26. The fourth-order valence-corrected chi connectivity index (χ4v) is 7.71. The van der Waals surface area contributed by atoms with Gasteiger partial charge in [0, 0.05) is 16.5 Å². The van der Waals surface area contributed by atoms with E-state index >= 15 is 0 Å². The van der Waals surface area contributed by atoms with Crippen molar-refractivity contribution in [1.82, 2.24) is 0 Å². The standard InChI is InChI=1S/C39H32Cl2N2O8/c1-5-18-13-22(30(40)24(7-3)32(18)42-34(44)26-11-9-20(38(48)49)16-28(26)36(42)46)15-23-14-19(6-2)33(25(8-4)31(23)41)43-35(45)27-12-10-21(39(50)51)17-29(27)37(43)47/h9-14,16-17H,5-8,15H2,1-4H3,(H,48,49)(H,50,51). The smallest absolute Gasteiger partial charge is 0.335 e. The molecule has 0 atom stereocenters. The van der Waals surface area contributed by atoms with Crippen LogP contribution in [0.25, 0.3) is 0 Å². The first kappa shape index (κ1) is 35.5. The van der Waals surface area contributed by atoms with Gasteiger partial charge < -0.3 is 10.2 Å². The predicted octanol–water partition coefficient (Wildman–Crippen LogP) is 7.83. The third-order valence-corrected chi connectivity index (χ3v) is 10.5. The van der Waals surface area contributed by atoms with Gasteiger partial charge in [-0.2, -0.15) is 0 Å². The summed E-state index contributed by atoms with van der Waals surface area (Å²) in [6, 6.07) is 11.4. The van der Waals surface area contributed by atoms with Crippen LogP contribution in [-0.2, 0) is 32.1 Å². The van der Waals surface area contributed by atoms with E-state index in [4.69, 9.17) is 23.2 Å². The molecule has 0 spiro atoms. The summed E-state index contributed by atoms with van der Waals surface area (Å²) < 4.78 is 0. The highest BCUT2D eigenvalue weighted by molar-refractivity contribution is 6.38. The topological polar surface area (TPSA) is 149 Å². The van der Waals surface area contributed by atoms with E-state index in [0.717, 1.165) is 9.80 Å². The Bertz CT molecular complexity index is 2100. The molecule has 0 saturated heterocycles. The maximum absolute atomic E-state index is 13.7. The molecule has 0 aliphatic carbocycles. The van der Waals surface area contributed by atoms with Gasteiger partial charge in [-0.25, -0.2) is 19.4 Å². The van der Waals surface area contributed by atoms with E-state index in [1.165, 1.54) is 36.4 Å². The fourth-order valence-electron chi connectivity index (χ4n) is 7.02. The van der Waals surface area contributed by atoms with E-state index in [1.807, 2.05) is 39.8 Å². The molecule has 2 aliphatic heterocycles. The summed E-state index contributed by atoms with van der Waals surface area (Å²) in [6.45, 7) is 7.51. The summed E-state index contributed by atoms with van der Waals surface area (Å²) in [4.78, 5) is 79.9. The number of fused-ring (bicyclic) bond motifs is 2. The van der Waals surface area contributed by atoms with Crippen LogP contribution in [0.5, 0.6) is 0 Å². The normalized spacial score (nSPS) is 13.7. The lowest BCUT2D eigenvalue weighted by atomic mass is 9.91. The highest BCUT2D eigenvalue weighted by Gasteiger charge is 2.41. The zero-order valence-electron chi connectivity index (χ0n) is 28.1. The Kier molecular flexibility index (Phi) is 9.35. The lowest BCUT2D eigenvalue weighted by Crippen LogP contribution is -2.32. The van der Waals surface area contributed by atoms with Crippen molar-refractivity contribution in [3.63, 3.8) is 0 Å². The summed E-state index contributed by atoms with van der Waals surface area (Å²) in [7, 11) is 0. The fraction of sp³-hybridized carbons (Fsp3) is 0.231. The minimum atomic E-state index is -1.21. The Morgan fingerprint density at radius 3 is 1.20 bits per heavy atom. The molecule has 4 amide bonds. The van der Waals surface area contributed by atoms with Crippen molar-refractivity contribution >= 4 is 70.1 Å². The second-order valence-electron chi connectivity index (χ2n) is 12.3. The number of aromatic carboxylic acids is 2. The van der Waals surface area contributed by atoms with Crippen molar-refractivity contribution in [3.05, 3.63) is 125 Å². The Balaban J connectivity index is 1.43. The summed E-state index contributed by atoms with van der Waals surface area (Å²) >= 11 is 14.2. The van der Waals surface area contributed by atoms with Crippen LogP contribution >= 0.6 is 23.2 Å². The molecule has 2 heterocycles. The third-order valence-electron chi connectivity index (χ3n) is 9.53. The predicted molar refractivity (Wildman–Crippen MR) is 192 cm³/mol. The quantitative estimate of drug-likeness (QED) is 0.157. The molecule has 4 aromatic carbocycles. The van der Waals surface area contributed by atoms with Gasteiger partial charge in [0.05, 0.1) is 44.8 Å². The van der Waals surface area contributed by atoms with Crippen molar-refractivity contribution in [2.45, 2.75) is 59.8 Å². The SMILES string of the molecule is CCc1cc(Cc2cc(CC)c(N3C(=O)c4ccc(C(=O)O)cc4C3=O)c(CC)c2Cl)c(Cl)c(CC)c1N1C(=O)c2ccc(C(=O)O)cc2C1=O. The van der Waals surface area contributed by atoms with Gasteiger partial charge >= 0.3 is 11.9 Å². The summed E-state index contributed by atoms with van der Waals surface area (Å²) in [5.74, 6) is -4.81. The number of carbonyl (C=O) groups is 6. The number of hydrogen-bond donors (Lipinski definition) is 2. The van der Waals surface area contributed by atoms with Crippen molar-refractivity contribution in [3.8, 4) is 0 Å². The molecule has 51 heavy (non-hydrogen) atoms. The second kappa shape index (κ2) is 13.4. The molecule has 6 rings (SSSR count). The van der Waals surface area contributed by atoms with Crippen molar-refractivity contribution in [2.75, 3.05) is 9.80 Å². The van der Waals surface area contributed by atoms with Gasteiger partial charge in [0.1, 0.15) is 0 Å². The lowest BCUT2D eigenvalue weighted by molar-refractivity contribution is 0.0686.